The van der Waals surface area contributed by atoms with Crippen LogP contribution in [0, 0.1) is 0 Å². The van der Waals surface area contributed by atoms with Crippen molar-refractivity contribution in [3.63, 3.8) is 0 Å². The third-order valence-corrected chi connectivity index (χ3v) is 2.88. The van der Waals surface area contributed by atoms with E-state index >= 15 is 0 Å². The molecule has 0 fully saturated rings. The SMILES string of the molecule is O=C(O)C(O)c1cc(Br)c(C(F)(F)F)c(C(F)(F)F)c1. The average Bonchev–Trinajstić information content (AvgIpc) is 2.23. The first-order valence-electron chi connectivity index (χ1n) is 4.74. The highest BCUT2D eigenvalue weighted by Gasteiger charge is 2.45. The van der Waals surface area contributed by atoms with Gasteiger partial charge in [-0.1, -0.05) is 15.9 Å². The van der Waals surface area contributed by atoms with E-state index < -0.39 is 45.6 Å². The Hall–Kier alpha value is -1.29. The minimum absolute atomic E-state index is 0.0353. The second-order valence-corrected chi connectivity index (χ2v) is 4.52. The molecular weight excluding hydrogens is 362 g/mol. The van der Waals surface area contributed by atoms with Gasteiger partial charge < -0.3 is 10.2 Å². The maximum atomic E-state index is 12.7. The molecule has 10 heteroatoms. The second kappa shape index (κ2) is 5.24. The van der Waals surface area contributed by atoms with E-state index in [2.05, 4.69) is 15.9 Å². The van der Waals surface area contributed by atoms with Crippen LogP contribution in [0.5, 0.6) is 0 Å². The monoisotopic (exact) mass is 366 g/mol. The standard InChI is InChI=1S/C10H5BrF6O3/c11-5-2-3(7(18)8(19)20)1-4(9(12,13)14)6(5)10(15,16)17/h1-2,7,18H,(H,19,20). The van der Waals surface area contributed by atoms with Crippen LogP contribution in [0.15, 0.2) is 16.6 Å². The Bertz CT molecular complexity index is 537. The molecule has 0 aromatic heterocycles. The Morgan fingerprint density at radius 1 is 1.10 bits per heavy atom. The number of aliphatic hydroxyl groups excluding tert-OH is 1. The summed E-state index contributed by atoms with van der Waals surface area (Å²) in [6.07, 6.45) is -13.0. The largest absolute Gasteiger partial charge is 0.479 e. The fourth-order valence-electron chi connectivity index (χ4n) is 1.44. The zero-order chi connectivity index (χ0) is 15.9. The predicted octanol–water partition coefficient (Wildman–Crippen LogP) is 3.60. The third-order valence-electron chi connectivity index (χ3n) is 2.25. The molecule has 0 aliphatic carbocycles. The van der Waals surface area contributed by atoms with Crippen molar-refractivity contribution in [2.75, 3.05) is 0 Å². The topological polar surface area (TPSA) is 57.5 Å². The van der Waals surface area contributed by atoms with Gasteiger partial charge in [0, 0.05) is 4.47 Å². The van der Waals surface area contributed by atoms with Gasteiger partial charge in [-0.3, -0.25) is 0 Å². The Morgan fingerprint density at radius 2 is 1.60 bits per heavy atom. The number of aliphatic carboxylic acids is 1. The van der Waals surface area contributed by atoms with Gasteiger partial charge >= 0.3 is 18.3 Å². The van der Waals surface area contributed by atoms with Crippen LogP contribution in [0.1, 0.15) is 22.8 Å². The Kier molecular flexibility index (Phi) is 4.39. The molecule has 2 N–H and O–H groups in total. The van der Waals surface area contributed by atoms with Gasteiger partial charge in [0.05, 0.1) is 11.1 Å². The minimum atomic E-state index is -5.36. The molecular formula is C10H5BrF6O3. The van der Waals surface area contributed by atoms with Crippen LogP contribution >= 0.6 is 15.9 Å². The molecule has 0 aliphatic rings. The van der Waals surface area contributed by atoms with Crippen molar-refractivity contribution < 1.29 is 41.4 Å². The van der Waals surface area contributed by atoms with E-state index in [4.69, 9.17) is 10.2 Å². The number of aliphatic hydroxyl groups is 1. The van der Waals surface area contributed by atoms with Gasteiger partial charge in [-0.15, -0.1) is 0 Å². The summed E-state index contributed by atoms with van der Waals surface area (Å²) in [6, 6.07) is 0.448. The van der Waals surface area contributed by atoms with Crippen LogP contribution in [0.3, 0.4) is 0 Å². The molecule has 0 radical (unpaired) electrons. The Balaban J connectivity index is 3.62. The van der Waals surface area contributed by atoms with Crippen molar-refractivity contribution in [1.82, 2.24) is 0 Å². The first kappa shape index (κ1) is 16.8. The maximum absolute atomic E-state index is 12.7. The number of alkyl halides is 6. The van der Waals surface area contributed by atoms with Crippen LogP contribution in [-0.4, -0.2) is 16.2 Å². The van der Waals surface area contributed by atoms with Crippen LogP contribution in [-0.2, 0) is 17.1 Å². The van der Waals surface area contributed by atoms with E-state index in [1.807, 2.05) is 0 Å². The molecule has 112 valence electrons. The summed E-state index contributed by atoms with van der Waals surface area (Å²) in [5, 5.41) is 17.6. The molecule has 1 unspecified atom stereocenters. The van der Waals surface area contributed by atoms with Crippen LogP contribution in [0.2, 0.25) is 0 Å². The molecule has 0 amide bonds. The molecule has 0 bridgehead atoms. The van der Waals surface area contributed by atoms with Gasteiger partial charge in [-0.2, -0.15) is 26.3 Å². The van der Waals surface area contributed by atoms with E-state index in [0.717, 1.165) is 0 Å². The zero-order valence-corrected chi connectivity index (χ0v) is 10.8. The number of hydrogen-bond acceptors (Lipinski definition) is 2. The van der Waals surface area contributed by atoms with Crippen molar-refractivity contribution in [3.05, 3.63) is 33.3 Å². The number of carboxylic acids is 1. The molecule has 0 aliphatic heterocycles. The molecule has 0 heterocycles. The third kappa shape index (κ3) is 3.42. The van der Waals surface area contributed by atoms with Gasteiger partial charge in [-0.05, 0) is 17.7 Å². The Labute approximate surface area is 116 Å². The second-order valence-electron chi connectivity index (χ2n) is 3.66. The molecule has 3 nitrogen and oxygen atoms in total. The quantitative estimate of drug-likeness (QED) is 0.786. The average molecular weight is 367 g/mol. The molecule has 1 aromatic rings. The van der Waals surface area contributed by atoms with Crippen molar-refractivity contribution in [2.24, 2.45) is 0 Å². The summed E-state index contributed by atoms with van der Waals surface area (Å²) in [7, 11) is 0. The Morgan fingerprint density at radius 3 is 1.95 bits per heavy atom. The van der Waals surface area contributed by atoms with Gasteiger partial charge in [0.2, 0.25) is 0 Å². The predicted molar refractivity (Wildman–Crippen MR) is 56.7 cm³/mol. The highest BCUT2D eigenvalue weighted by molar-refractivity contribution is 9.10. The number of benzene rings is 1. The van der Waals surface area contributed by atoms with E-state index in [1.165, 1.54) is 0 Å². The summed E-state index contributed by atoms with van der Waals surface area (Å²) in [5.74, 6) is -1.88. The zero-order valence-electron chi connectivity index (χ0n) is 9.18. The van der Waals surface area contributed by atoms with Crippen molar-refractivity contribution in [1.29, 1.82) is 0 Å². The molecule has 0 saturated carbocycles. The summed E-state index contributed by atoms with van der Waals surface area (Å²) in [6.45, 7) is 0. The normalized spacial score (nSPS) is 14.2. The van der Waals surface area contributed by atoms with Crippen molar-refractivity contribution >= 4 is 21.9 Å². The fourth-order valence-corrected chi connectivity index (χ4v) is 2.14. The van der Waals surface area contributed by atoms with E-state index in [1.54, 1.807) is 0 Å². The minimum Gasteiger partial charge on any atom is -0.479 e. The lowest BCUT2D eigenvalue weighted by Gasteiger charge is -2.19. The molecule has 1 aromatic carbocycles. The van der Waals surface area contributed by atoms with Crippen molar-refractivity contribution in [3.8, 4) is 0 Å². The van der Waals surface area contributed by atoms with E-state index in [0.29, 0.717) is 6.07 Å². The van der Waals surface area contributed by atoms with Gasteiger partial charge in [0.15, 0.2) is 6.10 Å². The van der Waals surface area contributed by atoms with Crippen LogP contribution in [0.4, 0.5) is 26.3 Å². The number of rotatable bonds is 2. The first-order chi connectivity index (χ1) is 8.85. The maximum Gasteiger partial charge on any atom is 0.418 e. The van der Waals surface area contributed by atoms with Gasteiger partial charge in [-0.25, -0.2) is 4.79 Å². The lowest BCUT2D eigenvalue weighted by atomic mass is 10.00. The number of hydrogen-bond donors (Lipinski definition) is 2. The fraction of sp³-hybridized carbons (Fsp3) is 0.300. The van der Waals surface area contributed by atoms with Crippen LogP contribution in [0.25, 0.3) is 0 Å². The number of halogens is 7. The molecule has 1 rings (SSSR count). The molecule has 0 spiro atoms. The van der Waals surface area contributed by atoms with Crippen LogP contribution < -0.4 is 0 Å². The molecule has 1 atom stereocenters. The van der Waals surface area contributed by atoms with Gasteiger partial charge in [0.1, 0.15) is 0 Å². The highest BCUT2D eigenvalue weighted by Crippen LogP contribution is 2.45. The van der Waals surface area contributed by atoms with E-state index in [-0.39, 0.29) is 6.07 Å². The number of carboxylic acid groups (broad SMARTS) is 1. The first-order valence-corrected chi connectivity index (χ1v) is 5.53. The van der Waals surface area contributed by atoms with E-state index in [9.17, 15) is 31.1 Å². The summed E-state index contributed by atoms with van der Waals surface area (Å²) in [5.41, 5.74) is -4.87. The lowest BCUT2D eigenvalue weighted by molar-refractivity contribution is -0.162. The lowest BCUT2D eigenvalue weighted by Crippen LogP contribution is -2.19. The highest BCUT2D eigenvalue weighted by atomic mass is 79.9. The molecule has 0 saturated heterocycles. The summed E-state index contributed by atoms with van der Waals surface area (Å²) in [4.78, 5) is 10.5. The summed E-state index contributed by atoms with van der Waals surface area (Å²) >= 11 is 2.32. The van der Waals surface area contributed by atoms with Crippen molar-refractivity contribution in [2.45, 2.75) is 18.5 Å². The molecule has 20 heavy (non-hydrogen) atoms. The van der Waals surface area contributed by atoms with Gasteiger partial charge in [0.25, 0.3) is 0 Å². The number of carbonyl (C=O) groups is 1. The summed E-state index contributed by atoms with van der Waals surface area (Å²) < 4.78 is 74.8. The smallest absolute Gasteiger partial charge is 0.418 e.